The second kappa shape index (κ2) is 67.2. The van der Waals surface area contributed by atoms with Crippen LogP contribution in [0.25, 0.3) is 0 Å². The number of carbonyl (C=O) groups excluding carboxylic acids is 1. The van der Waals surface area contributed by atoms with E-state index in [1.54, 1.807) is 0 Å². The van der Waals surface area contributed by atoms with Crippen molar-refractivity contribution < 1.29 is 64.6 Å². The molecule has 9 N–H and O–H groups in total. The Kier molecular flexibility index (Phi) is 63.7. The van der Waals surface area contributed by atoms with Crippen LogP contribution in [-0.2, 0) is 23.7 Å². The minimum absolute atomic E-state index is 0.194. The molecule has 2 aliphatic rings. The lowest BCUT2D eigenvalue weighted by Crippen LogP contribution is -2.65. The van der Waals surface area contributed by atoms with Gasteiger partial charge in [0, 0.05) is 6.42 Å². The summed E-state index contributed by atoms with van der Waals surface area (Å²) in [6, 6.07) is -0.826. The summed E-state index contributed by atoms with van der Waals surface area (Å²) in [6.45, 7) is 2.95. The third kappa shape index (κ3) is 49.6. The van der Waals surface area contributed by atoms with Crippen molar-refractivity contribution in [2.24, 2.45) is 0 Å². The Morgan fingerprint density at radius 1 is 0.333 bits per heavy atom. The largest absolute Gasteiger partial charge is 0.394 e. The van der Waals surface area contributed by atoms with Gasteiger partial charge in [0.25, 0.3) is 0 Å². The molecule has 12 unspecified atom stereocenters. The van der Waals surface area contributed by atoms with E-state index in [1.807, 2.05) is 0 Å². The van der Waals surface area contributed by atoms with Gasteiger partial charge in [-0.2, -0.15) is 0 Å². The van der Waals surface area contributed by atoms with E-state index in [0.29, 0.717) is 12.8 Å². The molecule has 96 heavy (non-hydrogen) atoms. The van der Waals surface area contributed by atoms with Crippen LogP contribution in [0.4, 0.5) is 0 Å². The van der Waals surface area contributed by atoms with Gasteiger partial charge in [0.05, 0.1) is 32.0 Å². The molecule has 2 fully saturated rings. The summed E-state index contributed by atoms with van der Waals surface area (Å²) < 4.78 is 23.0. The normalized spacial score (nSPS) is 22.1. The monoisotopic (exact) mass is 1370 g/mol. The van der Waals surface area contributed by atoms with Crippen LogP contribution in [0.5, 0.6) is 0 Å². The van der Waals surface area contributed by atoms with Crippen molar-refractivity contribution in [1.82, 2.24) is 5.32 Å². The second-order valence-electron chi connectivity index (χ2n) is 30.3. The Morgan fingerprint density at radius 3 is 0.885 bits per heavy atom. The van der Waals surface area contributed by atoms with E-state index in [9.17, 15) is 45.6 Å². The molecule has 0 aromatic rings. The summed E-state index contributed by atoms with van der Waals surface area (Å²) >= 11 is 0. The molecule has 2 saturated heterocycles. The van der Waals surface area contributed by atoms with Crippen LogP contribution in [0, 0.1) is 0 Å². The van der Waals surface area contributed by atoms with Crippen LogP contribution in [-0.4, -0.2) is 140 Å². The smallest absolute Gasteiger partial charge is 0.220 e. The first-order chi connectivity index (χ1) is 47.1. The maximum absolute atomic E-state index is 13.4. The molecule has 0 saturated carbocycles. The van der Waals surface area contributed by atoms with Gasteiger partial charge in [-0.15, -0.1) is 0 Å². The lowest BCUT2D eigenvalue weighted by molar-refractivity contribution is -0.359. The molecular weight excluding hydrogens is 1210 g/mol. The number of nitrogens with one attached hydrogen (secondary N) is 1. The number of amides is 1. The summed E-state index contributed by atoms with van der Waals surface area (Å²) in [7, 11) is 0. The van der Waals surface area contributed by atoms with Gasteiger partial charge >= 0.3 is 0 Å². The van der Waals surface area contributed by atoms with E-state index >= 15 is 0 Å². The van der Waals surface area contributed by atoms with Gasteiger partial charge < -0.3 is 65.1 Å². The van der Waals surface area contributed by atoms with Crippen LogP contribution >= 0.6 is 0 Å². The molecule has 0 bridgehead atoms. The van der Waals surface area contributed by atoms with Crippen LogP contribution in [0.15, 0.2) is 0 Å². The molecule has 2 aliphatic heterocycles. The van der Waals surface area contributed by atoms with Crippen molar-refractivity contribution >= 4 is 5.91 Å². The first-order valence-corrected chi connectivity index (χ1v) is 42.3. The third-order valence-electron chi connectivity index (χ3n) is 21.3. The summed E-state index contributed by atoms with van der Waals surface area (Å²) in [5.41, 5.74) is 0. The van der Waals surface area contributed by atoms with Crippen molar-refractivity contribution in [3.05, 3.63) is 0 Å². The Labute approximate surface area is 591 Å². The summed E-state index contributed by atoms with van der Waals surface area (Å²) in [6.07, 6.45) is 67.4. The molecule has 0 spiro atoms. The Balaban J connectivity index is 1.58. The van der Waals surface area contributed by atoms with Crippen molar-refractivity contribution in [2.75, 3.05) is 19.8 Å². The fourth-order valence-electron chi connectivity index (χ4n) is 14.7. The number of rotatable bonds is 73. The van der Waals surface area contributed by atoms with Crippen molar-refractivity contribution in [1.29, 1.82) is 0 Å². The molecular formula is C82H161NO13. The summed E-state index contributed by atoms with van der Waals surface area (Å²) in [5.74, 6) is -0.194. The minimum atomic E-state index is -1.78. The number of carbonyl (C=O) groups is 1. The lowest BCUT2D eigenvalue weighted by atomic mass is 9.97. The maximum Gasteiger partial charge on any atom is 0.220 e. The molecule has 572 valence electrons. The molecule has 1 amide bonds. The molecule has 12 atom stereocenters. The van der Waals surface area contributed by atoms with E-state index in [-0.39, 0.29) is 12.5 Å². The number of unbranched alkanes of at least 4 members (excludes halogenated alkanes) is 60. The van der Waals surface area contributed by atoms with Gasteiger partial charge in [0.15, 0.2) is 12.6 Å². The quantitative estimate of drug-likeness (QED) is 0.0259. The van der Waals surface area contributed by atoms with Gasteiger partial charge in [-0.1, -0.05) is 406 Å². The van der Waals surface area contributed by atoms with Gasteiger partial charge in [-0.3, -0.25) is 4.79 Å². The van der Waals surface area contributed by atoms with Crippen molar-refractivity contribution in [3.63, 3.8) is 0 Å². The fraction of sp³-hybridized carbons (Fsp3) is 0.988. The average molecular weight is 1370 g/mol. The molecule has 0 radical (unpaired) electrons. The predicted molar refractivity (Wildman–Crippen MR) is 397 cm³/mol. The standard InChI is InChI=1S/C82H161NO13/c1-3-5-7-9-11-13-15-17-19-21-23-25-27-29-31-33-35-37-39-41-43-45-47-49-51-53-55-57-59-61-63-65-71(86)70(69-93-81-79(92)77(90)80(73(68-85)95-81)96-82-78(91)76(89)75(88)72(67-84)94-82)83-74(87)66-64-62-60-58-56-54-52-50-48-46-44-42-40-38-36-34-32-30-28-26-24-22-20-18-16-14-12-10-8-6-4-2/h70-73,75-82,84-86,88-92H,3-69H2,1-2H3,(H,83,87). The molecule has 0 aromatic heterocycles. The van der Waals surface area contributed by atoms with Gasteiger partial charge in [0.2, 0.25) is 5.91 Å². The fourth-order valence-corrected chi connectivity index (χ4v) is 14.7. The van der Waals surface area contributed by atoms with Crippen LogP contribution < -0.4 is 5.32 Å². The topological polar surface area (TPSA) is 228 Å². The molecule has 14 nitrogen and oxygen atoms in total. The summed E-state index contributed by atoms with van der Waals surface area (Å²) in [4.78, 5) is 13.4. The molecule has 0 aliphatic carbocycles. The first kappa shape index (κ1) is 91.1. The molecule has 0 aromatic carbocycles. The van der Waals surface area contributed by atoms with E-state index in [0.717, 1.165) is 51.4 Å². The lowest BCUT2D eigenvalue weighted by Gasteiger charge is -2.46. The Morgan fingerprint density at radius 2 is 0.594 bits per heavy atom. The van der Waals surface area contributed by atoms with Crippen LogP contribution in [0.1, 0.15) is 425 Å². The highest BCUT2D eigenvalue weighted by atomic mass is 16.7. The van der Waals surface area contributed by atoms with Crippen molar-refractivity contribution in [2.45, 2.75) is 498 Å². The van der Waals surface area contributed by atoms with Gasteiger partial charge in [0.1, 0.15) is 48.8 Å². The average Bonchev–Trinajstić information content (AvgIpc) is 0.797. The van der Waals surface area contributed by atoms with E-state index in [2.05, 4.69) is 19.2 Å². The zero-order valence-corrected chi connectivity index (χ0v) is 62.9. The number of hydrogen-bond acceptors (Lipinski definition) is 13. The Hall–Kier alpha value is -1.01. The van der Waals surface area contributed by atoms with E-state index < -0.39 is 86.8 Å². The molecule has 14 heteroatoms. The maximum atomic E-state index is 13.4. The number of hydrogen-bond donors (Lipinski definition) is 9. The summed E-state index contributed by atoms with van der Waals surface area (Å²) in [5, 5.41) is 87.9. The molecule has 2 rings (SSSR count). The Bertz CT molecular complexity index is 1610. The first-order valence-electron chi connectivity index (χ1n) is 42.3. The third-order valence-corrected chi connectivity index (χ3v) is 21.3. The van der Waals surface area contributed by atoms with Crippen molar-refractivity contribution in [3.8, 4) is 0 Å². The van der Waals surface area contributed by atoms with E-state index in [1.165, 1.54) is 347 Å². The number of aliphatic hydroxyl groups is 8. The van der Waals surface area contributed by atoms with E-state index in [4.69, 9.17) is 18.9 Å². The van der Waals surface area contributed by atoms with Gasteiger partial charge in [-0.25, -0.2) is 0 Å². The number of aliphatic hydroxyl groups excluding tert-OH is 8. The zero-order chi connectivity index (χ0) is 69.4. The minimum Gasteiger partial charge on any atom is -0.394 e. The number of ether oxygens (including phenoxy) is 4. The predicted octanol–water partition coefficient (Wildman–Crippen LogP) is 19.5. The molecule has 2 heterocycles. The van der Waals surface area contributed by atoms with Gasteiger partial charge in [-0.05, 0) is 12.8 Å². The second-order valence-corrected chi connectivity index (χ2v) is 30.3. The highest BCUT2D eigenvalue weighted by molar-refractivity contribution is 5.76. The highest BCUT2D eigenvalue weighted by Crippen LogP contribution is 2.31. The van der Waals surface area contributed by atoms with Crippen LogP contribution in [0.3, 0.4) is 0 Å². The van der Waals surface area contributed by atoms with Crippen LogP contribution in [0.2, 0.25) is 0 Å². The SMILES string of the molecule is CCCCCCCCCCCCCCCCCCCCCCCCCCCCCCCCCC(=O)NC(COC1OC(CO)C(OC2OC(CO)C(O)C(O)C2O)C(O)C1O)C(O)CCCCCCCCCCCCCCCCCCCCCCCCCCCCCCCCC. The zero-order valence-electron chi connectivity index (χ0n) is 62.9. The highest BCUT2D eigenvalue weighted by Gasteiger charge is 2.51.